The fourth-order valence-electron chi connectivity index (χ4n) is 2.51. The molecule has 0 fully saturated rings. The second-order valence-corrected chi connectivity index (χ2v) is 5.26. The molecule has 0 spiro atoms. The highest BCUT2D eigenvalue weighted by molar-refractivity contribution is 5.88. The Morgan fingerprint density at radius 2 is 1.74 bits per heavy atom. The summed E-state index contributed by atoms with van der Waals surface area (Å²) in [6.07, 6.45) is 3.71. The number of carbonyl (C=O) groups excluding carboxylic acids is 1. The van der Waals surface area contributed by atoms with Crippen LogP contribution in [0.1, 0.15) is 5.56 Å². The molecule has 0 N–H and O–H groups in total. The first kappa shape index (κ1) is 15.0. The molecule has 4 nitrogen and oxygen atoms in total. The van der Waals surface area contributed by atoms with Gasteiger partial charge in [-0.2, -0.15) is 0 Å². The van der Waals surface area contributed by atoms with Gasteiger partial charge in [0.25, 0.3) is 0 Å². The minimum Gasteiger partial charge on any atom is -0.497 e. The van der Waals surface area contributed by atoms with E-state index in [-0.39, 0.29) is 12.4 Å². The van der Waals surface area contributed by atoms with E-state index in [0.29, 0.717) is 0 Å². The zero-order chi connectivity index (χ0) is 16.2. The molecule has 0 aliphatic carbocycles. The fraction of sp³-hybridized carbons (Fsp3) is 0.158. The van der Waals surface area contributed by atoms with Gasteiger partial charge in [0.1, 0.15) is 5.75 Å². The Morgan fingerprint density at radius 1 is 0.957 bits per heavy atom. The summed E-state index contributed by atoms with van der Waals surface area (Å²) < 4.78 is 9.95. The summed E-state index contributed by atoms with van der Waals surface area (Å²) in [5, 5.41) is 2.24. The Morgan fingerprint density at radius 3 is 2.52 bits per heavy atom. The molecule has 3 rings (SSSR count). The first-order valence-electron chi connectivity index (χ1n) is 7.28. The lowest BCUT2D eigenvalue weighted by molar-refractivity contribution is -0.139. The minimum absolute atomic E-state index is 0.224. The molecule has 0 bridgehead atoms. The van der Waals surface area contributed by atoms with Crippen LogP contribution >= 0.6 is 0 Å². The molecular formula is C19H17NO3. The van der Waals surface area contributed by atoms with E-state index in [4.69, 9.17) is 9.47 Å². The highest BCUT2D eigenvalue weighted by Gasteiger charge is 2.06. The van der Waals surface area contributed by atoms with Crippen LogP contribution in [-0.4, -0.2) is 25.2 Å². The second-order valence-electron chi connectivity index (χ2n) is 5.26. The van der Waals surface area contributed by atoms with Crippen LogP contribution in [0.3, 0.4) is 0 Å². The van der Waals surface area contributed by atoms with Gasteiger partial charge in [0.05, 0.1) is 20.6 Å². The predicted octanol–water partition coefficient (Wildman–Crippen LogP) is 3.63. The molecule has 0 atom stereocenters. The monoisotopic (exact) mass is 307 g/mol. The first-order valence-corrected chi connectivity index (χ1v) is 7.28. The summed E-state index contributed by atoms with van der Waals surface area (Å²) >= 11 is 0. The van der Waals surface area contributed by atoms with Gasteiger partial charge in [0, 0.05) is 18.0 Å². The number of ether oxygens (including phenoxy) is 2. The Labute approximate surface area is 134 Å². The van der Waals surface area contributed by atoms with Crippen LogP contribution in [0.5, 0.6) is 5.75 Å². The molecular weight excluding hydrogens is 290 g/mol. The second kappa shape index (κ2) is 6.48. The molecule has 2 aromatic carbocycles. The van der Waals surface area contributed by atoms with Crippen molar-refractivity contribution in [3.63, 3.8) is 0 Å². The number of aromatic nitrogens is 1. The maximum Gasteiger partial charge on any atom is 0.310 e. The summed E-state index contributed by atoms with van der Waals surface area (Å²) in [6.45, 7) is 0. The van der Waals surface area contributed by atoms with Crippen LogP contribution in [0, 0.1) is 0 Å². The summed E-state index contributed by atoms with van der Waals surface area (Å²) in [5.41, 5.74) is 2.87. The molecule has 0 aliphatic heterocycles. The van der Waals surface area contributed by atoms with Gasteiger partial charge in [-0.1, -0.05) is 18.2 Å². The summed E-state index contributed by atoms with van der Waals surface area (Å²) in [7, 11) is 3.05. The number of methoxy groups -OCH3 is 2. The Bertz CT molecular complexity index is 858. The highest BCUT2D eigenvalue weighted by atomic mass is 16.5. The van der Waals surface area contributed by atoms with E-state index in [9.17, 15) is 4.79 Å². The number of hydrogen-bond acceptors (Lipinski definition) is 4. The van der Waals surface area contributed by atoms with Gasteiger partial charge in [-0.3, -0.25) is 9.78 Å². The topological polar surface area (TPSA) is 48.4 Å². The summed E-state index contributed by atoms with van der Waals surface area (Å²) in [6, 6.07) is 14.1. The Kier molecular flexibility index (Phi) is 4.24. The van der Waals surface area contributed by atoms with Crippen molar-refractivity contribution in [2.24, 2.45) is 0 Å². The van der Waals surface area contributed by atoms with E-state index in [0.717, 1.165) is 33.2 Å². The minimum atomic E-state index is -0.269. The van der Waals surface area contributed by atoms with E-state index in [1.807, 2.05) is 30.3 Å². The average Bonchev–Trinajstić information content (AvgIpc) is 2.60. The van der Waals surface area contributed by atoms with Crippen molar-refractivity contribution >= 4 is 16.7 Å². The number of fused-ring (bicyclic) bond motifs is 1. The molecule has 3 aromatic rings. The van der Waals surface area contributed by atoms with Gasteiger partial charge in [0.15, 0.2) is 0 Å². The third-order valence-corrected chi connectivity index (χ3v) is 3.75. The molecule has 0 unspecified atom stereocenters. The number of carbonyl (C=O) groups is 1. The molecule has 1 aromatic heterocycles. The van der Waals surface area contributed by atoms with Crippen molar-refractivity contribution in [3.8, 4) is 16.9 Å². The van der Waals surface area contributed by atoms with Gasteiger partial charge in [-0.15, -0.1) is 0 Å². The van der Waals surface area contributed by atoms with E-state index in [1.54, 1.807) is 19.5 Å². The molecule has 0 aliphatic rings. The maximum atomic E-state index is 11.4. The number of esters is 1. The first-order chi connectivity index (χ1) is 11.2. The van der Waals surface area contributed by atoms with Gasteiger partial charge >= 0.3 is 5.97 Å². The molecule has 0 saturated heterocycles. The zero-order valence-corrected chi connectivity index (χ0v) is 13.1. The molecule has 1 heterocycles. The van der Waals surface area contributed by atoms with Crippen molar-refractivity contribution < 1.29 is 14.3 Å². The van der Waals surface area contributed by atoms with Gasteiger partial charge in [0.2, 0.25) is 0 Å². The summed E-state index contributed by atoms with van der Waals surface area (Å²) in [4.78, 5) is 15.6. The normalized spacial score (nSPS) is 10.5. The SMILES string of the molecule is COC(=O)Cc1cncc(-c2ccc3cc(OC)ccc3c2)c1. The number of benzene rings is 2. The number of rotatable bonds is 4. The number of nitrogens with zero attached hydrogens (tertiary/aromatic N) is 1. The number of pyridine rings is 1. The van der Waals surface area contributed by atoms with Crippen LogP contribution in [0.25, 0.3) is 21.9 Å². The van der Waals surface area contributed by atoms with E-state index in [1.165, 1.54) is 7.11 Å². The quantitative estimate of drug-likeness (QED) is 0.691. The van der Waals surface area contributed by atoms with Crippen LogP contribution in [0.15, 0.2) is 54.9 Å². The van der Waals surface area contributed by atoms with E-state index in [2.05, 4.69) is 17.1 Å². The largest absolute Gasteiger partial charge is 0.497 e. The van der Waals surface area contributed by atoms with Crippen LogP contribution in [0.2, 0.25) is 0 Å². The van der Waals surface area contributed by atoms with E-state index >= 15 is 0 Å². The van der Waals surface area contributed by atoms with Crippen molar-refractivity contribution in [3.05, 3.63) is 60.4 Å². The molecule has 116 valence electrons. The van der Waals surface area contributed by atoms with Crippen molar-refractivity contribution in [2.75, 3.05) is 14.2 Å². The molecule has 0 saturated carbocycles. The Balaban J connectivity index is 1.96. The van der Waals surface area contributed by atoms with Gasteiger partial charge in [-0.25, -0.2) is 0 Å². The van der Waals surface area contributed by atoms with Crippen LogP contribution < -0.4 is 4.74 Å². The van der Waals surface area contributed by atoms with Crippen molar-refractivity contribution in [1.82, 2.24) is 4.98 Å². The third-order valence-electron chi connectivity index (χ3n) is 3.75. The zero-order valence-electron chi connectivity index (χ0n) is 13.1. The van der Waals surface area contributed by atoms with Crippen LogP contribution in [-0.2, 0) is 16.0 Å². The smallest absolute Gasteiger partial charge is 0.310 e. The van der Waals surface area contributed by atoms with Crippen molar-refractivity contribution in [1.29, 1.82) is 0 Å². The van der Waals surface area contributed by atoms with Gasteiger partial charge in [-0.05, 0) is 46.2 Å². The maximum absolute atomic E-state index is 11.4. The lowest BCUT2D eigenvalue weighted by Gasteiger charge is -2.07. The van der Waals surface area contributed by atoms with E-state index < -0.39 is 0 Å². The molecule has 0 amide bonds. The van der Waals surface area contributed by atoms with Crippen LogP contribution in [0.4, 0.5) is 0 Å². The average molecular weight is 307 g/mol. The molecule has 0 radical (unpaired) electrons. The Hall–Kier alpha value is -2.88. The molecule has 4 heteroatoms. The summed E-state index contributed by atoms with van der Waals surface area (Å²) in [5.74, 6) is 0.571. The highest BCUT2D eigenvalue weighted by Crippen LogP contribution is 2.27. The van der Waals surface area contributed by atoms with Crippen molar-refractivity contribution in [2.45, 2.75) is 6.42 Å². The lowest BCUT2D eigenvalue weighted by Crippen LogP contribution is -2.04. The fourth-order valence-corrected chi connectivity index (χ4v) is 2.51. The third kappa shape index (κ3) is 3.31. The molecule has 23 heavy (non-hydrogen) atoms. The number of hydrogen-bond donors (Lipinski definition) is 0. The standard InChI is InChI=1S/C19H17NO3/c1-22-18-6-5-14-9-15(3-4-16(14)10-18)17-7-13(11-20-12-17)8-19(21)23-2/h3-7,9-12H,8H2,1-2H3. The lowest BCUT2D eigenvalue weighted by atomic mass is 10.0. The van der Waals surface area contributed by atoms with Gasteiger partial charge < -0.3 is 9.47 Å². The predicted molar refractivity (Wildman–Crippen MR) is 89.5 cm³/mol.